The van der Waals surface area contributed by atoms with Crippen LogP contribution in [0.1, 0.15) is 5.69 Å². The summed E-state index contributed by atoms with van der Waals surface area (Å²) in [7, 11) is 0. The molecule has 0 saturated heterocycles. The minimum atomic E-state index is -0.324. The maximum Gasteiger partial charge on any atom is 0.316 e. The maximum absolute atomic E-state index is 12.0. The predicted octanol–water partition coefficient (Wildman–Crippen LogP) is 5.44. The highest BCUT2D eigenvalue weighted by atomic mass is 35.5. The van der Waals surface area contributed by atoms with Crippen LogP contribution in [0.25, 0.3) is 21.5 Å². The van der Waals surface area contributed by atoms with Gasteiger partial charge in [0, 0.05) is 16.7 Å². The Morgan fingerprint density at radius 3 is 2.81 bits per heavy atom. The van der Waals surface area contributed by atoms with Gasteiger partial charge in [0.1, 0.15) is 12.3 Å². The van der Waals surface area contributed by atoms with Gasteiger partial charge in [0.2, 0.25) is 0 Å². The van der Waals surface area contributed by atoms with Gasteiger partial charge in [0.15, 0.2) is 10.1 Å². The highest BCUT2D eigenvalue weighted by Gasteiger charge is 2.11. The molecule has 0 radical (unpaired) electrons. The Hall–Kier alpha value is -2.35. The van der Waals surface area contributed by atoms with Crippen molar-refractivity contribution < 1.29 is 14.1 Å². The average Bonchev–Trinajstić information content (AvgIpc) is 3.32. The second-order valence-electron chi connectivity index (χ2n) is 5.59. The quantitative estimate of drug-likeness (QED) is 0.308. The van der Waals surface area contributed by atoms with Gasteiger partial charge >= 0.3 is 5.97 Å². The lowest BCUT2D eigenvalue weighted by Crippen LogP contribution is -2.07. The van der Waals surface area contributed by atoms with Gasteiger partial charge in [-0.1, -0.05) is 40.7 Å². The molecule has 136 valence electrons. The van der Waals surface area contributed by atoms with E-state index < -0.39 is 0 Å². The Balaban J connectivity index is 1.29. The van der Waals surface area contributed by atoms with E-state index in [2.05, 4.69) is 10.1 Å². The van der Waals surface area contributed by atoms with Gasteiger partial charge in [-0.25, -0.2) is 4.98 Å². The van der Waals surface area contributed by atoms with Crippen molar-refractivity contribution in [1.29, 1.82) is 0 Å². The first-order valence-corrected chi connectivity index (χ1v) is 10.2. The van der Waals surface area contributed by atoms with Crippen molar-refractivity contribution >= 4 is 50.9 Å². The van der Waals surface area contributed by atoms with Crippen LogP contribution < -0.4 is 0 Å². The molecule has 0 aliphatic heterocycles. The zero-order valence-electron chi connectivity index (χ0n) is 13.9. The molecule has 2 aromatic carbocycles. The summed E-state index contributed by atoms with van der Waals surface area (Å²) in [5.74, 6) is 0.471. The number of hydrogen-bond acceptors (Lipinski definition) is 7. The molecule has 5 nitrogen and oxygen atoms in total. The number of nitrogens with zero attached hydrogens (tertiary/aromatic N) is 2. The molecule has 0 N–H and O–H groups in total. The first kappa shape index (κ1) is 18.0. The molecule has 0 atom stereocenters. The second-order valence-corrected chi connectivity index (χ2v) is 8.28. The first-order chi connectivity index (χ1) is 13.2. The molecule has 8 heteroatoms. The fourth-order valence-electron chi connectivity index (χ4n) is 2.36. The number of carbonyl (C=O) groups is 1. The number of ether oxygens (including phenoxy) is 1. The van der Waals surface area contributed by atoms with Gasteiger partial charge in [0.05, 0.1) is 16.0 Å². The summed E-state index contributed by atoms with van der Waals surface area (Å²) < 4.78 is 12.5. The van der Waals surface area contributed by atoms with Crippen molar-refractivity contribution in [3.63, 3.8) is 0 Å². The highest BCUT2D eigenvalue weighted by molar-refractivity contribution is 8.01. The van der Waals surface area contributed by atoms with Crippen LogP contribution in [0.2, 0.25) is 5.02 Å². The van der Waals surface area contributed by atoms with Gasteiger partial charge in [-0.3, -0.25) is 4.79 Å². The first-order valence-electron chi connectivity index (χ1n) is 8.03. The third-order valence-electron chi connectivity index (χ3n) is 3.66. The second kappa shape index (κ2) is 8.12. The summed E-state index contributed by atoms with van der Waals surface area (Å²) in [6.07, 6.45) is 0. The van der Waals surface area contributed by atoms with Gasteiger partial charge in [0.25, 0.3) is 0 Å². The van der Waals surface area contributed by atoms with Crippen molar-refractivity contribution in [2.45, 2.75) is 10.9 Å². The summed E-state index contributed by atoms with van der Waals surface area (Å²) in [4.78, 5) is 16.5. The van der Waals surface area contributed by atoms with Crippen molar-refractivity contribution in [2.24, 2.45) is 0 Å². The molecule has 0 aliphatic rings. The largest absolute Gasteiger partial charge is 0.458 e. The lowest BCUT2D eigenvalue weighted by Gasteiger charge is -2.00. The number of halogens is 1. The lowest BCUT2D eigenvalue weighted by atomic mass is 10.2. The number of benzene rings is 2. The fourth-order valence-corrected chi connectivity index (χ4v) is 4.35. The summed E-state index contributed by atoms with van der Waals surface area (Å²) in [5, 5.41) is 4.58. The minimum Gasteiger partial charge on any atom is -0.458 e. The van der Waals surface area contributed by atoms with E-state index in [0.29, 0.717) is 16.5 Å². The lowest BCUT2D eigenvalue weighted by molar-refractivity contribution is -0.141. The zero-order chi connectivity index (χ0) is 18.6. The van der Waals surface area contributed by atoms with E-state index in [1.807, 2.05) is 36.4 Å². The topological polar surface area (TPSA) is 65.2 Å². The van der Waals surface area contributed by atoms with Gasteiger partial charge in [-0.2, -0.15) is 0 Å². The van der Waals surface area contributed by atoms with Crippen LogP contribution in [0.15, 0.2) is 63.5 Å². The Kier molecular flexibility index (Phi) is 5.42. The van der Waals surface area contributed by atoms with Gasteiger partial charge < -0.3 is 9.26 Å². The SMILES string of the molecule is O=C(CSc1nc2ccccc2s1)OCc1cc(-c2ccc(Cl)cc2)on1. The number of hydrogen-bond donors (Lipinski definition) is 0. The fraction of sp³-hybridized carbons (Fsp3) is 0.105. The van der Waals surface area contributed by atoms with Gasteiger partial charge in [-0.05, 0) is 36.4 Å². The molecule has 4 rings (SSSR count). The summed E-state index contributed by atoms with van der Waals surface area (Å²) in [5.41, 5.74) is 2.35. The van der Waals surface area contributed by atoms with Crippen LogP contribution in [-0.4, -0.2) is 21.9 Å². The zero-order valence-corrected chi connectivity index (χ0v) is 16.3. The molecule has 0 bridgehead atoms. The summed E-state index contributed by atoms with van der Waals surface area (Å²) in [6.45, 7) is 0.0658. The van der Waals surface area contributed by atoms with Crippen molar-refractivity contribution in [2.75, 3.05) is 5.75 Å². The number of esters is 1. The van der Waals surface area contributed by atoms with Crippen LogP contribution in [0, 0.1) is 0 Å². The number of para-hydroxylation sites is 1. The van der Waals surface area contributed by atoms with Gasteiger partial charge in [-0.15, -0.1) is 11.3 Å². The van der Waals surface area contributed by atoms with Crippen LogP contribution in [0.4, 0.5) is 0 Å². The smallest absolute Gasteiger partial charge is 0.316 e. The van der Waals surface area contributed by atoms with Crippen molar-refractivity contribution in [3.8, 4) is 11.3 Å². The van der Waals surface area contributed by atoms with E-state index in [-0.39, 0.29) is 18.3 Å². The predicted molar refractivity (Wildman–Crippen MR) is 107 cm³/mol. The molecule has 27 heavy (non-hydrogen) atoms. The molecule has 0 fully saturated rings. The minimum absolute atomic E-state index is 0.0658. The number of fused-ring (bicyclic) bond motifs is 1. The molecule has 0 spiro atoms. The van der Waals surface area contributed by atoms with E-state index in [0.717, 1.165) is 20.1 Å². The summed E-state index contributed by atoms with van der Waals surface area (Å²) >= 11 is 8.81. The number of aromatic nitrogens is 2. The monoisotopic (exact) mass is 416 g/mol. The van der Waals surface area contributed by atoms with E-state index in [1.165, 1.54) is 11.8 Å². The normalized spacial score (nSPS) is 11.0. The van der Waals surface area contributed by atoms with Crippen LogP contribution in [0.5, 0.6) is 0 Å². The van der Waals surface area contributed by atoms with E-state index in [1.54, 1.807) is 29.5 Å². The molecular weight excluding hydrogens is 404 g/mol. The number of rotatable bonds is 6. The van der Waals surface area contributed by atoms with Crippen LogP contribution in [-0.2, 0) is 16.1 Å². The van der Waals surface area contributed by atoms with Crippen LogP contribution >= 0.6 is 34.7 Å². The van der Waals surface area contributed by atoms with E-state index in [4.69, 9.17) is 20.9 Å². The number of thiazole rings is 1. The molecule has 0 aliphatic carbocycles. The molecular formula is C19H13ClN2O3S2. The Bertz CT molecular complexity index is 1040. The Morgan fingerprint density at radius 1 is 1.19 bits per heavy atom. The van der Waals surface area contributed by atoms with E-state index in [9.17, 15) is 4.79 Å². The average molecular weight is 417 g/mol. The molecule has 4 aromatic rings. The highest BCUT2D eigenvalue weighted by Crippen LogP contribution is 2.29. The number of carbonyl (C=O) groups excluding carboxylic acids is 1. The van der Waals surface area contributed by atoms with Crippen LogP contribution in [0.3, 0.4) is 0 Å². The number of thioether (sulfide) groups is 1. The standard InChI is InChI=1S/C19H13ClN2O3S2/c20-13-7-5-12(6-8-13)16-9-14(22-25-16)10-24-18(23)11-26-19-21-15-3-1-2-4-17(15)27-19/h1-9H,10-11H2. The Labute approximate surface area is 168 Å². The van der Waals surface area contributed by atoms with E-state index >= 15 is 0 Å². The van der Waals surface area contributed by atoms with Crippen molar-refractivity contribution in [1.82, 2.24) is 10.1 Å². The molecule has 0 unspecified atom stereocenters. The molecule has 0 saturated carbocycles. The molecule has 0 amide bonds. The Morgan fingerprint density at radius 2 is 2.00 bits per heavy atom. The third-order valence-corrected chi connectivity index (χ3v) is 6.06. The third kappa shape index (κ3) is 4.50. The molecule has 2 heterocycles. The summed E-state index contributed by atoms with van der Waals surface area (Å²) in [6, 6.07) is 16.9. The molecule has 2 aromatic heterocycles. The maximum atomic E-state index is 12.0. The van der Waals surface area contributed by atoms with Crippen molar-refractivity contribution in [3.05, 3.63) is 65.3 Å².